The van der Waals surface area contributed by atoms with Gasteiger partial charge in [0.2, 0.25) is 11.8 Å². The Hall–Kier alpha value is -1.88. The normalized spacial score (nSPS) is 15.9. The average molecular weight is 320 g/mol. The van der Waals surface area contributed by atoms with E-state index in [2.05, 4.69) is 24.0 Å². The van der Waals surface area contributed by atoms with E-state index in [4.69, 9.17) is 16.1 Å². The van der Waals surface area contributed by atoms with Crippen molar-refractivity contribution in [1.82, 2.24) is 10.1 Å². The number of aryl methyl sites for hydroxylation is 2. The van der Waals surface area contributed by atoms with Gasteiger partial charge in [-0.15, -0.1) is 0 Å². The van der Waals surface area contributed by atoms with Crippen molar-refractivity contribution in [3.8, 4) is 0 Å². The Kier molecular flexibility index (Phi) is 3.68. The zero-order valence-electron chi connectivity index (χ0n) is 12.9. The van der Waals surface area contributed by atoms with Crippen LogP contribution in [0.3, 0.4) is 0 Å². The van der Waals surface area contributed by atoms with Crippen molar-refractivity contribution >= 4 is 23.2 Å². The lowest BCUT2D eigenvalue weighted by molar-refractivity contribution is -0.118. The maximum Gasteiger partial charge on any atom is 0.227 e. The van der Waals surface area contributed by atoms with Crippen molar-refractivity contribution < 1.29 is 9.32 Å². The summed E-state index contributed by atoms with van der Waals surface area (Å²) in [5.41, 5.74) is 1.80. The molecule has 2 aromatic rings. The van der Waals surface area contributed by atoms with E-state index in [0.717, 1.165) is 11.3 Å². The summed E-state index contributed by atoms with van der Waals surface area (Å²) in [6, 6.07) is 5.70. The Labute approximate surface area is 134 Å². The Balaban J connectivity index is 1.79. The minimum absolute atomic E-state index is 0.0462. The first-order valence-electron chi connectivity index (χ1n) is 7.27. The van der Waals surface area contributed by atoms with E-state index in [1.54, 1.807) is 6.92 Å². The number of anilines is 1. The van der Waals surface area contributed by atoms with Gasteiger partial charge in [-0.3, -0.25) is 4.79 Å². The molecule has 3 rings (SSSR count). The first kappa shape index (κ1) is 15.0. The van der Waals surface area contributed by atoms with Crippen LogP contribution in [0.15, 0.2) is 22.7 Å². The van der Waals surface area contributed by atoms with Gasteiger partial charge >= 0.3 is 0 Å². The number of carbonyl (C=O) groups excluding carboxylic acids is 1. The van der Waals surface area contributed by atoms with Crippen LogP contribution in [-0.2, 0) is 16.6 Å². The lowest BCUT2D eigenvalue weighted by Crippen LogP contribution is -2.34. The van der Waals surface area contributed by atoms with Crippen molar-refractivity contribution in [2.45, 2.75) is 39.0 Å². The molecule has 0 atom stereocenters. The van der Waals surface area contributed by atoms with Crippen LogP contribution < -0.4 is 4.90 Å². The first-order chi connectivity index (χ1) is 10.4. The van der Waals surface area contributed by atoms with Crippen molar-refractivity contribution in [3.63, 3.8) is 0 Å². The molecule has 0 N–H and O–H groups in total. The van der Waals surface area contributed by atoms with Crippen LogP contribution in [-0.4, -0.2) is 22.6 Å². The average Bonchev–Trinajstić information content (AvgIpc) is 2.98. The van der Waals surface area contributed by atoms with Gasteiger partial charge in [0, 0.05) is 41.1 Å². The van der Waals surface area contributed by atoms with Crippen molar-refractivity contribution in [1.29, 1.82) is 0 Å². The predicted octanol–water partition coefficient (Wildman–Crippen LogP) is 3.29. The van der Waals surface area contributed by atoms with E-state index in [1.807, 2.05) is 23.1 Å². The van der Waals surface area contributed by atoms with Crippen LogP contribution in [0.2, 0.25) is 5.02 Å². The molecule has 2 heterocycles. The van der Waals surface area contributed by atoms with E-state index in [-0.39, 0.29) is 11.3 Å². The molecule has 0 aliphatic carbocycles. The highest BCUT2D eigenvalue weighted by molar-refractivity contribution is 6.32. The highest BCUT2D eigenvalue weighted by Gasteiger charge is 2.39. The van der Waals surface area contributed by atoms with Gasteiger partial charge < -0.3 is 9.42 Å². The molecule has 1 aromatic carbocycles. The quantitative estimate of drug-likeness (QED) is 0.871. The largest absolute Gasteiger partial charge is 0.339 e. The van der Waals surface area contributed by atoms with Gasteiger partial charge in [-0.05, 0) is 19.1 Å². The number of hydrogen-bond donors (Lipinski definition) is 0. The summed E-state index contributed by atoms with van der Waals surface area (Å²) in [6.07, 6.45) is 0.788. The third kappa shape index (κ3) is 2.61. The summed E-state index contributed by atoms with van der Waals surface area (Å²) >= 11 is 6.33. The number of amides is 1. The topological polar surface area (TPSA) is 59.2 Å². The fourth-order valence-corrected chi connectivity index (χ4v) is 3.41. The molecule has 1 aliphatic rings. The number of rotatable bonds is 3. The predicted molar refractivity (Wildman–Crippen MR) is 84.2 cm³/mol. The maximum atomic E-state index is 12.6. The minimum atomic E-state index is -0.148. The van der Waals surface area contributed by atoms with Gasteiger partial charge in [0.1, 0.15) is 0 Å². The molecule has 6 heteroatoms. The number of nitrogens with zero attached hydrogens (tertiary/aromatic N) is 3. The zero-order valence-corrected chi connectivity index (χ0v) is 13.6. The third-order valence-electron chi connectivity index (χ3n) is 3.94. The highest BCUT2D eigenvalue weighted by atomic mass is 35.5. The fraction of sp³-hybridized carbons (Fsp3) is 0.438. The molecule has 1 aromatic heterocycles. The second kappa shape index (κ2) is 5.39. The van der Waals surface area contributed by atoms with E-state index >= 15 is 0 Å². The van der Waals surface area contributed by atoms with Crippen LogP contribution in [0.5, 0.6) is 0 Å². The maximum absolute atomic E-state index is 12.6. The molecule has 0 saturated heterocycles. The van der Waals surface area contributed by atoms with Crippen molar-refractivity contribution in [2.24, 2.45) is 0 Å². The Morgan fingerprint density at radius 1 is 1.45 bits per heavy atom. The summed E-state index contributed by atoms with van der Waals surface area (Å²) < 4.78 is 5.05. The standard InChI is InChI=1S/C16H18ClN3O2/c1-10-18-13(22-19-10)7-8-14(21)20-9-16(2,3)15-11(17)5-4-6-12(15)20/h4-6H,7-9H2,1-3H3. The van der Waals surface area contributed by atoms with Crippen LogP contribution in [0.25, 0.3) is 0 Å². The van der Waals surface area contributed by atoms with Crippen LogP contribution in [0.4, 0.5) is 5.69 Å². The lowest BCUT2D eigenvalue weighted by atomic mass is 9.87. The molecule has 0 fully saturated rings. The molecule has 0 bridgehead atoms. The third-order valence-corrected chi connectivity index (χ3v) is 4.25. The molecule has 116 valence electrons. The van der Waals surface area contributed by atoms with Crippen molar-refractivity contribution in [3.05, 3.63) is 40.5 Å². The Morgan fingerprint density at radius 3 is 2.91 bits per heavy atom. The number of benzene rings is 1. The van der Waals surface area contributed by atoms with Gasteiger partial charge in [0.05, 0.1) is 0 Å². The molecule has 0 saturated carbocycles. The second-order valence-electron chi connectivity index (χ2n) is 6.23. The SMILES string of the molecule is Cc1noc(CCC(=O)N2CC(C)(C)c3c(Cl)cccc32)n1. The van der Waals surface area contributed by atoms with E-state index in [1.165, 1.54) is 0 Å². The van der Waals surface area contributed by atoms with Crippen LogP contribution in [0, 0.1) is 6.92 Å². The van der Waals surface area contributed by atoms with E-state index in [0.29, 0.717) is 36.1 Å². The van der Waals surface area contributed by atoms with Gasteiger partial charge in [-0.25, -0.2) is 0 Å². The number of hydrogen-bond acceptors (Lipinski definition) is 4. The monoisotopic (exact) mass is 319 g/mol. The molecular weight excluding hydrogens is 302 g/mol. The summed E-state index contributed by atoms with van der Waals surface area (Å²) in [7, 11) is 0. The van der Waals surface area contributed by atoms with Gasteiger partial charge in [-0.2, -0.15) is 4.98 Å². The summed E-state index contributed by atoms with van der Waals surface area (Å²) in [5.74, 6) is 1.13. The number of aromatic nitrogens is 2. The minimum Gasteiger partial charge on any atom is -0.339 e. The second-order valence-corrected chi connectivity index (χ2v) is 6.64. The van der Waals surface area contributed by atoms with Gasteiger partial charge in [0.25, 0.3) is 0 Å². The fourth-order valence-electron chi connectivity index (χ4n) is 2.98. The lowest BCUT2D eigenvalue weighted by Gasteiger charge is -2.20. The smallest absolute Gasteiger partial charge is 0.227 e. The molecule has 5 nitrogen and oxygen atoms in total. The number of fused-ring (bicyclic) bond motifs is 1. The summed E-state index contributed by atoms with van der Waals surface area (Å²) in [4.78, 5) is 18.5. The van der Waals surface area contributed by atoms with E-state index in [9.17, 15) is 4.79 Å². The van der Waals surface area contributed by atoms with Crippen LogP contribution in [0.1, 0.15) is 37.5 Å². The number of halogens is 1. The molecule has 1 aliphatic heterocycles. The first-order valence-corrected chi connectivity index (χ1v) is 7.65. The molecule has 1 amide bonds. The van der Waals surface area contributed by atoms with Gasteiger partial charge in [0.15, 0.2) is 5.82 Å². The summed E-state index contributed by atoms with van der Waals surface area (Å²) in [5, 5.41) is 4.45. The Morgan fingerprint density at radius 2 is 2.23 bits per heavy atom. The molecule has 22 heavy (non-hydrogen) atoms. The molecular formula is C16H18ClN3O2. The molecule has 0 spiro atoms. The molecule has 0 radical (unpaired) electrons. The zero-order chi connectivity index (χ0) is 15.9. The highest BCUT2D eigenvalue weighted by Crippen LogP contribution is 2.44. The molecule has 0 unspecified atom stereocenters. The number of carbonyl (C=O) groups is 1. The van der Waals surface area contributed by atoms with Crippen molar-refractivity contribution in [2.75, 3.05) is 11.4 Å². The summed E-state index contributed by atoms with van der Waals surface area (Å²) in [6.45, 7) is 6.60. The van der Waals surface area contributed by atoms with E-state index < -0.39 is 0 Å². The van der Waals surface area contributed by atoms with Gasteiger partial charge in [-0.1, -0.05) is 36.7 Å². The van der Waals surface area contributed by atoms with Crippen LogP contribution >= 0.6 is 11.6 Å². The Bertz CT molecular complexity index is 724.